The van der Waals surface area contributed by atoms with Crippen LogP contribution in [0.2, 0.25) is 0 Å². The zero-order valence-corrected chi connectivity index (χ0v) is 14.5. The maximum absolute atomic E-state index is 5.87. The van der Waals surface area contributed by atoms with Gasteiger partial charge in [-0.25, -0.2) is 4.68 Å². The summed E-state index contributed by atoms with van der Waals surface area (Å²) in [4.78, 5) is 4.38. The number of aliphatic imine (C=N–C) groups is 1. The van der Waals surface area contributed by atoms with Crippen LogP contribution in [0.1, 0.15) is 38.4 Å². The third-order valence-corrected chi connectivity index (χ3v) is 3.41. The first-order chi connectivity index (χ1) is 10.8. The number of nitrogens with two attached hydrogens (primary N) is 1. The standard InChI is InChI=1S/C18H27N5/c1-14-15(9-8-12-20-17(19)21-18(2,3)4)13-23(22-14)16-10-6-5-7-11-16/h5-7,10-11,13H,8-9,12H2,1-4H3,(H3,19,20,21). The van der Waals surface area contributed by atoms with Crippen LogP contribution in [0.4, 0.5) is 0 Å². The van der Waals surface area contributed by atoms with E-state index in [1.54, 1.807) is 0 Å². The van der Waals surface area contributed by atoms with Crippen LogP contribution in [0.3, 0.4) is 0 Å². The summed E-state index contributed by atoms with van der Waals surface area (Å²) >= 11 is 0. The Morgan fingerprint density at radius 1 is 1.26 bits per heavy atom. The van der Waals surface area contributed by atoms with E-state index >= 15 is 0 Å². The Labute approximate surface area is 138 Å². The predicted molar refractivity (Wildman–Crippen MR) is 96.0 cm³/mol. The topological polar surface area (TPSA) is 68.2 Å². The molecule has 2 aromatic rings. The van der Waals surface area contributed by atoms with Gasteiger partial charge in [0.15, 0.2) is 5.96 Å². The number of hydrogen-bond donors (Lipinski definition) is 2. The number of nitrogens with zero attached hydrogens (tertiary/aromatic N) is 3. The molecule has 5 nitrogen and oxygen atoms in total. The van der Waals surface area contributed by atoms with E-state index in [0.717, 1.165) is 24.2 Å². The Bertz CT molecular complexity index is 650. The highest BCUT2D eigenvalue weighted by atomic mass is 15.3. The molecular formula is C18H27N5. The lowest BCUT2D eigenvalue weighted by atomic mass is 10.1. The molecule has 0 aliphatic heterocycles. The fourth-order valence-electron chi connectivity index (χ4n) is 2.35. The monoisotopic (exact) mass is 313 g/mol. The van der Waals surface area contributed by atoms with Gasteiger partial charge in [0.25, 0.3) is 0 Å². The summed E-state index contributed by atoms with van der Waals surface area (Å²) in [6.07, 6.45) is 4.00. The molecule has 5 heteroatoms. The third-order valence-electron chi connectivity index (χ3n) is 3.41. The first-order valence-corrected chi connectivity index (χ1v) is 8.04. The van der Waals surface area contributed by atoms with E-state index < -0.39 is 0 Å². The molecule has 0 saturated carbocycles. The second kappa shape index (κ2) is 7.31. The van der Waals surface area contributed by atoms with E-state index in [1.165, 1.54) is 5.56 Å². The van der Waals surface area contributed by atoms with E-state index in [0.29, 0.717) is 12.5 Å². The molecule has 0 unspecified atom stereocenters. The summed E-state index contributed by atoms with van der Waals surface area (Å²) in [7, 11) is 0. The smallest absolute Gasteiger partial charge is 0.188 e. The molecule has 1 heterocycles. The SMILES string of the molecule is Cc1nn(-c2ccccc2)cc1CCCN=C(N)NC(C)(C)C. The molecule has 0 radical (unpaired) electrons. The molecule has 0 aliphatic rings. The second-order valence-corrected chi connectivity index (χ2v) is 6.77. The van der Waals surface area contributed by atoms with Gasteiger partial charge in [-0.05, 0) is 58.2 Å². The highest BCUT2D eigenvalue weighted by Crippen LogP contribution is 2.13. The predicted octanol–water partition coefficient (Wildman–Crippen LogP) is 2.82. The van der Waals surface area contributed by atoms with Gasteiger partial charge in [0.05, 0.1) is 11.4 Å². The fourth-order valence-corrected chi connectivity index (χ4v) is 2.35. The van der Waals surface area contributed by atoms with Crippen LogP contribution in [0, 0.1) is 6.92 Å². The van der Waals surface area contributed by atoms with Crippen LogP contribution in [0.15, 0.2) is 41.5 Å². The summed E-state index contributed by atoms with van der Waals surface area (Å²) in [6.45, 7) is 8.96. The highest BCUT2D eigenvalue weighted by molar-refractivity contribution is 5.78. The van der Waals surface area contributed by atoms with E-state index in [9.17, 15) is 0 Å². The minimum absolute atomic E-state index is 0.0546. The van der Waals surface area contributed by atoms with Crippen molar-refractivity contribution in [2.75, 3.05) is 6.54 Å². The number of benzene rings is 1. The molecule has 1 aromatic carbocycles. The van der Waals surface area contributed by atoms with Crippen LogP contribution in [0.25, 0.3) is 5.69 Å². The minimum atomic E-state index is -0.0546. The van der Waals surface area contributed by atoms with E-state index in [1.807, 2.05) is 29.8 Å². The van der Waals surface area contributed by atoms with Gasteiger partial charge in [0.1, 0.15) is 0 Å². The Kier molecular flexibility index (Phi) is 5.42. The zero-order chi connectivity index (χ0) is 16.9. The van der Waals surface area contributed by atoms with Crippen molar-refractivity contribution in [3.05, 3.63) is 47.8 Å². The van der Waals surface area contributed by atoms with Crippen molar-refractivity contribution in [1.82, 2.24) is 15.1 Å². The lowest BCUT2D eigenvalue weighted by Gasteiger charge is -2.20. The maximum atomic E-state index is 5.87. The molecule has 0 fully saturated rings. The molecule has 0 atom stereocenters. The third kappa shape index (κ3) is 5.43. The minimum Gasteiger partial charge on any atom is -0.370 e. The molecule has 3 N–H and O–H groups in total. The summed E-state index contributed by atoms with van der Waals surface area (Å²) in [5, 5.41) is 7.75. The number of aryl methyl sites for hydroxylation is 2. The number of guanidine groups is 1. The van der Waals surface area contributed by atoms with Crippen molar-refractivity contribution in [2.45, 2.75) is 46.1 Å². The first-order valence-electron chi connectivity index (χ1n) is 8.04. The van der Waals surface area contributed by atoms with Gasteiger partial charge >= 0.3 is 0 Å². The van der Waals surface area contributed by atoms with Gasteiger partial charge in [0, 0.05) is 18.3 Å². The van der Waals surface area contributed by atoms with Gasteiger partial charge in [0.2, 0.25) is 0 Å². The lowest BCUT2D eigenvalue weighted by molar-refractivity contribution is 0.508. The van der Waals surface area contributed by atoms with E-state index in [-0.39, 0.29) is 5.54 Å². The van der Waals surface area contributed by atoms with Crippen LogP contribution >= 0.6 is 0 Å². The number of hydrogen-bond acceptors (Lipinski definition) is 2. The van der Waals surface area contributed by atoms with Crippen molar-refractivity contribution in [3.63, 3.8) is 0 Å². The van der Waals surface area contributed by atoms with Crippen molar-refractivity contribution in [1.29, 1.82) is 0 Å². The van der Waals surface area contributed by atoms with E-state index in [2.05, 4.69) is 54.5 Å². The Hall–Kier alpha value is -2.30. The lowest BCUT2D eigenvalue weighted by Crippen LogP contribution is -2.45. The summed E-state index contributed by atoms with van der Waals surface area (Å²) < 4.78 is 1.93. The van der Waals surface area contributed by atoms with Gasteiger partial charge in [-0.3, -0.25) is 4.99 Å². The Balaban J connectivity index is 1.90. The van der Waals surface area contributed by atoms with Gasteiger partial charge in [-0.2, -0.15) is 5.10 Å². The summed E-state index contributed by atoms with van der Waals surface area (Å²) in [6, 6.07) is 10.2. The molecule has 0 spiro atoms. The van der Waals surface area contributed by atoms with Crippen molar-refractivity contribution >= 4 is 5.96 Å². The molecule has 0 saturated heterocycles. The summed E-state index contributed by atoms with van der Waals surface area (Å²) in [5.74, 6) is 0.509. The Morgan fingerprint density at radius 3 is 2.61 bits per heavy atom. The summed E-state index contributed by atoms with van der Waals surface area (Å²) in [5.41, 5.74) is 9.22. The van der Waals surface area contributed by atoms with Crippen molar-refractivity contribution in [3.8, 4) is 5.69 Å². The van der Waals surface area contributed by atoms with Crippen LogP contribution in [-0.2, 0) is 6.42 Å². The van der Waals surface area contributed by atoms with Crippen LogP contribution in [-0.4, -0.2) is 27.8 Å². The van der Waals surface area contributed by atoms with Gasteiger partial charge in [-0.1, -0.05) is 18.2 Å². The van der Waals surface area contributed by atoms with Gasteiger partial charge in [-0.15, -0.1) is 0 Å². The van der Waals surface area contributed by atoms with Crippen LogP contribution < -0.4 is 11.1 Å². The van der Waals surface area contributed by atoms with E-state index in [4.69, 9.17) is 5.73 Å². The van der Waals surface area contributed by atoms with Gasteiger partial charge < -0.3 is 11.1 Å². The largest absolute Gasteiger partial charge is 0.370 e. The number of aromatic nitrogens is 2. The zero-order valence-electron chi connectivity index (χ0n) is 14.5. The van der Waals surface area contributed by atoms with Crippen molar-refractivity contribution < 1.29 is 0 Å². The number of rotatable bonds is 5. The first kappa shape index (κ1) is 17.1. The molecule has 1 aromatic heterocycles. The van der Waals surface area contributed by atoms with Crippen molar-refractivity contribution in [2.24, 2.45) is 10.7 Å². The maximum Gasteiger partial charge on any atom is 0.188 e. The molecule has 0 amide bonds. The molecule has 2 rings (SSSR count). The number of nitrogens with one attached hydrogen (secondary N) is 1. The molecule has 124 valence electrons. The average Bonchev–Trinajstić information content (AvgIpc) is 2.84. The molecule has 0 aliphatic carbocycles. The highest BCUT2D eigenvalue weighted by Gasteiger charge is 2.09. The Morgan fingerprint density at radius 2 is 1.96 bits per heavy atom. The molecular weight excluding hydrogens is 286 g/mol. The van der Waals surface area contributed by atoms with Crippen LogP contribution in [0.5, 0.6) is 0 Å². The second-order valence-electron chi connectivity index (χ2n) is 6.77. The molecule has 0 bridgehead atoms. The molecule has 23 heavy (non-hydrogen) atoms. The normalized spacial score (nSPS) is 12.4. The fraction of sp³-hybridized carbons (Fsp3) is 0.444. The quantitative estimate of drug-likeness (QED) is 0.507. The number of para-hydroxylation sites is 1. The average molecular weight is 313 g/mol.